The molecular weight excluding hydrogens is 290 g/mol. The van der Waals surface area contributed by atoms with Gasteiger partial charge in [0.25, 0.3) is 5.91 Å². The molecule has 1 atom stereocenters. The summed E-state index contributed by atoms with van der Waals surface area (Å²) in [6.45, 7) is 1.55. The van der Waals surface area contributed by atoms with Gasteiger partial charge in [-0.25, -0.2) is 9.59 Å². The van der Waals surface area contributed by atoms with Crippen molar-refractivity contribution in [3.63, 3.8) is 0 Å². The minimum Gasteiger partial charge on any atom is -0.449 e. The molecule has 0 aliphatic heterocycles. The highest BCUT2D eigenvalue weighted by Crippen LogP contribution is 2.16. The van der Waals surface area contributed by atoms with Crippen LogP contribution in [-0.4, -0.2) is 49.3 Å². The number of benzene rings is 1. The van der Waals surface area contributed by atoms with E-state index in [4.69, 9.17) is 9.84 Å². The van der Waals surface area contributed by atoms with Crippen molar-refractivity contribution in [3.05, 3.63) is 29.8 Å². The molecule has 3 amide bonds. The van der Waals surface area contributed by atoms with Gasteiger partial charge in [-0.15, -0.1) is 0 Å². The first-order chi connectivity index (χ1) is 10.5. The number of ether oxygens (including phenoxy) is 1. The van der Waals surface area contributed by atoms with Crippen LogP contribution in [0.5, 0.6) is 0 Å². The third-order valence-corrected chi connectivity index (χ3v) is 2.69. The number of urea groups is 1. The number of anilines is 1. The molecule has 0 radical (unpaired) electrons. The highest BCUT2D eigenvalue weighted by atomic mass is 16.5. The molecule has 8 heteroatoms. The van der Waals surface area contributed by atoms with Crippen LogP contribution in [0, 0.1) is 0 Å². The van der Waals surface area contributed by atoms with Crippen molar-refractivity contribution in [1.29, 1.82) is 0 Å². The summed E-state index contributed by atoms with van der Waals surface area (Å²) in [6.07, 6.45) is -1.13. The zero-order valence-electron chi connectivity index (χ0n) is 12.4. The number of carbonyl (C=O) groups excluding carboxylic acids is 3. The summed E-state index contributed by atoms with van der Waals surface area (Å²) < 4.78 is 5.03. The van der Waals surface area contributed by atoms with E-state index in [0.717, 1.165) is 0 Å². The Morgan fingerprint density at radius 3 is 2.59 bits per heavy atom. The van der Waals surface area contributed by atoms with E-state index < -0.39 is 24.0 Å². The number of esters is 1. The van der Waals surface area contributed by atoms with E-state index >= 15 is 0 Å². The quantitative estimate of drug-likeness (QED) is 0.553. The lowest BCUT2D eigenvalue weighted by molar-refractivity contribution is -0.127. The number of rotatable bonds is 6. The minimum atomic E-state index is -1.13. The zero-order chi connectivity index (χ0) is 16.5. The number of aliphatic hydroxyl groups excluding tert-OH is 1. The molecule has 0 aliphatic carbocycles. The Bertz CT molecular complexity index is 547. The van der Waals surface area contributed by atoms with Crippen LogP contribution < -0.4 is 16.0 Å². The van der Waals surface area contributed by atoms with Gasteiger partial charge >= 0.3 is 12.0 Å². The summed E-state index contributed by atoms with van der Waals surface area (Å²) >= 11 is 0. The van der Waals surface area contributed by atoms with Crippen LogP contribution in [0.1, 0.15) is 17.3 Å². The predicted octanol–water partition coefficient (Wildman–Crippen LogP) is 0.0917. The van der Waals surface area contributed by atoms with Gasteiger partial charge in [-0.3, -0.25) is 10.1 Å². The van der Waals surface area contributed by atoms with Gasteiger partial charge in [0.05, 0.1) is 12.2 Å². The van der Waals surface area contributed by atoms with Crippen LogP contribution in [-0.2, 0) is 9.53 Å². The second kappa shape index (κ2) is 8.63. The van der Waals surface area contributed by atoms with Crippen molar-refractivity contribution in [2.24, 2.45) is 0 Å². The summed E-state index contributed by atoms with van der Waals surface area (Å²) in [5.74, 6) is -1.44. The van der Waals surface area contributed by atoms with Crippen LogP contribution in [0.4, 0.5) is 10.5 Å². The monoisotopic (exact) mass is 309 g/mol. The molecule has 8 nitrogen and oxygen atoms in total. The summed E-state index contributed by atoms with van der Waals surface area (Å²) in [4.78, 5) is 34.8. The van der Waals surface area contributed by atoms with Crippen LogP contribution in [0.3, 0.4) is 0 Å². The fourth-order valence-electron chi connectivity index (χ4n) is 1.56. The number of aliphatic hydroxyl groups is 1. The van der Waals surface area contributed by atoms with Crippen molar-refractivity contribution in [2.45, 2.75) is 13.0 Å². The van der Waals surface area contributed by atoms with Gasteiger partial charge in [-0.1, -0.05) is 12.1 Å². The van der Waals surface area contributed by atoms with Gasteiger partial charge in [-0.05, 0) is 19.1 Å². The lowest BCUT2D eigenvalue weighted by Crippen LogP contribution is -2.43. The lowest BCUT2D eigenvalue weighted by Gasteiger charge is -2.15. The van der Waals surface area contributed by atoms with Crippen LogP contribution >= 0.6 is 0 Å². The van der Waals surface area contributed by atoms with E-state index in [2.05, 4.69) is 10.6 Å². The fourth-order valence-corrected chi connectivity index (χ4v) is 1.56. The molecule has 120 valence electrons. The lowest BCUT2D eigenvalue weighted by atomic mass is 10.2. The second-order valence-corrected chi connectivity index (χ2v) is 4.31. The molecule has 1 aromatic carbocycles. The third-order valence-electron chi connectivity index (χ3n) is 2.69. The maximum absolute atomic E-state index is 12.1. The van der Waals surface area contributed by atoms with Gasteiger partial charge < -0.3 is 20.5 Å². The Labute approximate surface area is 127 Å². The number of carbonyl (C=O) groups is 3. The highest BCUT2D eigenvalue weighted by molar-refractivity contribution is 6.00. The number of para-hydroxylation sites is 1. The van der Waals surface area contributed by atoms with Crippen molar-refractivity contribution in [2.75, 3.05) is 25.5 Å². The van der Waals surface area contributed by atoms with E-state index in [1.54, 1.807) is 18.2 Å². The molecule has 1 rings (SSSR count). The molecule has 4 N–H and O–H groups in total. The minimum absolute atomic E-state index is 0.0890. The first-order valence-corrected chi connectivity index (χ1v) is 6.67. The standard InChI is InChI=1S/C14H19N3O5/c1-9(12(19)17-14(21)15-2)22-13(20)10-5-3-4-6-11(10)16-7-8-18/h3-6,9,16,18H,7-8H2,1-2H3,(H2,15,17,19,21)/t9-/m1/s1. The number of amides is 3. The van der Waals surface area contributed by atoms with Crippen molar-refractivity contribution in [3.8, 4) is 0 Å². The van der Waals surface area contributed by atoms with E-state index in [1.807, 2.05) is 5.32 Å². The van der Waals surface area contributed by atoms with E-state index in [9.17, 15) is 14.4 Å². The normalized spacial score (nSPS) is 11.2. The molecule has 0 unspecified atom stereocenters. The average molecular weight is 309 g/mol. The summed E-state index contributed by atoms with van der Waals surface area (Å²) in [7, 11) is 1.36. The molecule has 0 spiro atoms. The average Bonchev–Trinajstić information content (AvgIpc) is 2.52. The first kappa shape index (κ1) is 17.4. The predicted molar refractivity (Wildman–Crippen MR) is 79.5 cm³/mol. The van der Waals surface area contributed by atoms with E-state index in [0.29, 0.717) is 5.69 Å². The van der Waals surface area contributed by atoms with Crippen molar-refractivity contribution in [1.82, 2.24) is 10.6 Å². The smallest absolute Gasteiger partial charge is 0.341 e. The Balaban J connectivity index is 2.72. The Morgan fingerprint density at radius 2 is 1.95 bits per heavy atom. The van der Waals surface area contributed by atoms with Crippen LogP contribution in [0.15, 0.2) is 24.3 Å². The van der Waals surface area contributed by atoms with Gasteiger partial charge in [0.1, 0.15) is 0 Å². The van der Waals surface area contributed by atoms with Crippen molar-refractivity contribution >= 4 is 23.6 Å². The molecule has 0 bridgehead atoms. The largest absolute Gasteiger partial charge is 0.449 e. The second-order valence-electron chi connectivity index (χ2n) is 4.31. The Kier molecular flexibility index (Phi) is 6.84. The topological polar surface area (TPSA) is 117 Å². The first-order valence-electron chi connectivity index (χ1n) is 6.67. The van der Waals surface area contributed by atoms with Gasteiger partial charge in [0.2, 0.25) is 0 Å². The number of hydrogen-bond donors (Lipinski definition) is 4. The Hall–Kier alpha value is -2.61. The van der Waals surface area contributed by atoms with Gasteiger partial charge in [0.15, 0.2) is 6.10 Å². The number of nitrogens with one attached hydrogen (secondary N) is 3. The summed E-state index contributed by atoms with van der Waals surface area (Å²) in [6, 6.07) is 5.87. The van der Waals surface area contributed by atoms with Crippen molar-refractivity contribution < 1.29 is 24.2 Å². The van der Waals surface area contributed by atoms with E-state index in [-0.39, 0.29) is 18.7 Å². The third kappa shape index (κ3) is 5.06. The molecule has 0 aliphatic rings. The molecule has 0 saturated carbocycles. The number of hydrogen-bond acceptors (Lipinski definition) is 6. The molecule has 0 fully saturated rings. The summed E-state index contributed by atoms with van der Waals surface area (Å²) in [5.41, 5.74) is 0.719. The molecule has 0 heterocycles. The maximum atomic E-state index is 12.1. The fraction of sp³-hybridized carbons (Fsp3) is 0.357. The molecule has 1 aromatic rings. The molecule has 0 aromatic heterocycles. The maximum Gasteiger partial charge on any atom is 0.341 e. The molecule has 22 heavy (non-hydrogen) atoms. The number of imide groups is 1. The SMILES string of the molecule is CNC(=O)NC(=O)[C@@H](C)OC(=O)c1ccccc1NCCO. The van der Waals surface area contributed by atoms with E-state index in [1.165, 1.54) is 20.0 Å². The van der Waals surface area contributed by atoms with Gasteiger partial charge in [0, 0.05) is 19.3 Å². The molecule has 0 saturated heterocycles. The Morgan fingerprint density at radius 1 is 1.27 bits per heavy atom. The molecular formula is C14H19N3O5. The van der Waals surface area contributed by atoms with Crippen LogP contribution in [0.2, 0.25) is 0 Å². The zero-order valence-corrected chi connectivity index (χ0v) is 12.4. The summed E-state index contributed by atoms with van der Waals surface area (Å²) in [5, 5.41) is 15.9. The highest BCUT2D eigenvalue weighted by Gasteiger charge is 2.21. The van der Waals surface area contributed by atoms with Gasteiger partial charge in [-0.2, -0.15) is 0 Å². The van der Waals surface area contributed by atoms with Crippen LogP contribution in [0.25, 0.3) is 0 Å².